The van der Waals surface area contributed by atoms with E-state index in [4.69, 9.17) is 0 Å². The molecule has 0 unspecified atom stereocenters. The fourth-order valence-corrected chi connectivity index (χ4v) is 0.547. The molecular formula is C10H14. The Kier molecular flexibility index (Phi) is 5.57. The van der Waals surface area contributed by atoms with E-state index in [1.54, 1.807) is 0 Å². The molecule has 0 saturated carbocycles. The van der Waals surface area contributed by atoms with Crippen LogP contribution in [-0.2, 0) is 0 Å². The third kappa shape index (κ3) is 5.18. The number of allylic oxidation sites excluding steroid dienone is 4. The minimum atomic E-state index is 0.890. The van der Waals surface area contributed by atoms with Crippen molar-refractivity contribution in [2.24, 2.45) is 0 Å². The number of hydrogen-bond acceptors (Lipinski definition) is 0. The van der Waals surface area contributed by atoms with Gasteiger partial charge in [-0.15, -0.1) is 5.92 Å². The molecule has 0 fully saturated rings. The van der Waals surface area contributed by atoms with E-state index in [0.29, 0.717) is 0 Å². The van der Waals surface area contributed by atoms with E-state index in [1.807, 2.05) is 26.0 Å². The highest BCUT2D eigenvalue weighted by Crippen LogP contribution is 1.97. The van der Waals surface area contributed by atoms with Gasteiger partial charge in [0.1, 0.15) is 0 Å². The van der Waals surface area contributed by atoms with Crippen LogP contribution in [0.1, 0.15) is 27.2 Å². The van der Waals surface area contributed by atoms with Gasteiger partial charge in [-0.2, -0.15) is 0 Å². The Bertz CT molecular complexity index is 184. The molecule has 0 N–H and O–H groups in total. The second-order valence-corrected chi connectivity index (χ2v) is 2.14. The first-order chi connectivity index (χ1) is 4.81. The number of hydrogen-bond donors (Lipinski definition) is 0. The first kappa shape index (κ1) is 9.04. The molecule has 0 heterocycles. The molecule has 0 aliphatic heterocycles. The van der Waals surface area contributed by atoms with Gasteiger partial charge in [0, 0.05) is 6.42 Å². The van der Waals surface area contributed by atoms with Crippen LogP contribution in [0.3, 0.4) is 0 Å². The second kappa shape index (κ2) is 6.16. The molecule has 0 aromatic heterocycles. The maximum Gasteiger partial charge on any atom is 0.0299 e. The molecule has 0 aliphatic carbocycles. The molecule has 0 aromatic carbocycles. The molecule has 54 valence electrons. The van der Waals surface area contributed by atoms with E-state index < -0.39 is 0 Å². The van der Waals surface area contributed by atoms with Gasteiger partial charge in [-0.3, -0.25) is 0 Å². The van der Waals surface area contributed by atoms with Crippen LogP contribution in [0.15, 0.2) is 23.8 Å². The largest absolute Gasteiger partial charge is 0.106 e. The van der Waals surface area contributed by atoms with Crippen LogP contribution < -0.4 is 0 Å². The van der Waals surface area contributed by atoms with Crippen LogP contribution in [0.5, 0.6) is 0 Å². The molecule has 0 saturated heterocycles. The van der Waals surface area contributed by atoms with Crippen molar-refractivity contribution in [1.82, 2.24) is 0 Å². The maximum absolute atomic E-state index is 3.00. The quantitative estimate of drug-likeness (QED) is 0.402. The summed E-state index contributed by atoms with van der Waals surface area (Å²) in [4.78, 5) is 0. The van der Waals surface area contributed by atoms with Gasteiger partial charge in [0.05, 0.1) is 0 Å². The highest BCUT2D eigenvalue weighted by Gasteiger charge is 1.79. The fourth-order valence-electron chi connectivity index (χ4n) is 0.547. The molecule has 10 heavy (non-hydrogen) atoms. The van der Waals surface area contributed by atoms with Crippen molar-refractivity contribution in [3.8, 4) is 11.8 Å². The summed E-state index contributed by atoms with van der Waals surface area (Å²) in [6, 6.07) is 0. The topological polar surface area (TPSA) is 0 Å². The van der Waals surface area contributed by atoms with Crippen molar-refractivity contribution in [3.63, 3.8) is 0 Å². The first-order valence-corrected chi connectivity index (χ1v) is 3.49. The van der Waals surface area contributed by atoms with Gasteiger partial charge in [0.25, 0.3) is 0 Å². The standard InChI is InChI=1S/C10H14/c1-4-6-8-10(3)9-7-5-2/h4,6,8H,9H2,1-3H3/b6-4-,10-8-. The van der Waals surface area contributed by atoms with Crippen molar-refractivity contribution in [2.75, 3.05) is 0 Å². The van der Waals surface area contributed by atoms with Gasteiger partial charge >= 0.3 is 0 Å². The highest BCUT2D eigenvalue weighted by atomic mass is 13.8. The predicted octanol–water partition coefficient (Wildman–Crippen LogP) is 2.92. The summed E-state index contributed by atoms with van der Waals surface area (Å²) in [5.41, 5.74) is 1.31. The Balaban J connectivity index is 3.78. The fraction of sp³-hybridized carbons (Fsp3) is 0.400. The smallest absolute Gasteiger partial charge is 0.0299 e. The monoisotopic (exact) mass is 134 g/mol. The molecule has 0 bridgehead atoms. The molecule has 0 aromatic rings. The Morgan fingerprint density at radius 1 is 1.50 bits per heavy atom. The first-order valence-electron chi connectivity index (χ1n) is 3.49. The molecule has 0 atom stereocenters. The zero-order chi connectivity index (χ0) is 7.82. The Labute approximate surface area is 63.6 Å². The van der Waals surface area contributed by atoms with Crippen molar-refractivity contribution < 1.29 is 0 Å². The zero-order valence-corrected chi connectivity index (χ0v) is 6.94. The summed E-state index contributed by atoms with van der Waals surface area (Å²) in [5.74, 6) is 5.86. The van der Waals surface area contributed by atoms with Gasteiger partial charge < -0.3 is 0 Å². The van der Waals surface area contributed by atoms with E-state index in [-0.39, 0.29) is 0 Å². The van der Waals surface area contributed by atoms with Gasteiger partial charge in [0.15, 0.2) is 0 Å². The molecule has 0 radical (unpaired) electrons. The van der Waals surface area contributed by atoms with Crippen LogP contribution in [0, 0.1) is 11.8 Å². The maximum atomic E-state index is 3.00. The highest BCUT2D eigenvalue weighted by molar-refractivity contribution is 5.16. The molecule has 0 spiro atoms. The molecule has 0 rings (SSSR count). The normalized spacial score (nSPS) is 11.3. The van der Waals surface area contributed by atoms with Gasteiger partial charge in [-0.05, 0) is 20.8 Å². The molecule has 0 amide bonds. The van der Waals surface area contributed by atoms with Gasteiger partial charge in [-0.25, -0.2) is 0 Å². The van der Waals surface area contributed by atoms with Crippen LogP contribution in [-0.4, -0.2) is 0 Å². The summed E-state index contributed by atoms with van der Waals surface area (Å²) in [6.45, 7) is 5.96. The SMILES string of the molecule is CC#CC/C(C)=C\C=C/C. The van der Waals surface area contributed by atoms with E-state index in [0.717, 1.165) is 6.42 Å². The van der Waals surface area contributed by atoms with E-state index in [9.17, 15) is 0 Å². The van der Waals surface area contributed by atoms with Crippen molar-refractivity contribution in [2.45, 2.75) is 27.2 Å². The Morgan fingerprint density at radius 3 is 2.70 bits per heavy atom. The average Bonchev–Trinajstić information content (AvgIpc) is 1.97. The van der Waals surface area contributed by atoms with Crippen molar-refractivity contribution >= 4 is 0 Å². The van der Waals surface area contributed by atoms with E-state index in [2.05, 4.69) is 24.8 Å². The summed E-state index contributed by atoms with van der Waals surface area (Å²) in [6.07, 6.45) is 7.03. The molecule has 0 heteroatoms. The number of rotatable bonds is 2. The molecule has 0 nitrogen and oxygen atoms in total. The van der Waals surface area contributed by atoms with Crippen molar-refractivity contribution in [1.29, 1.82) is 0 Å². The van der Waals surface area contributed by atoms with Crippen LogP contribution in [0.2, 0.25) is 0 Å². The third-order valence-corrected chi connectivity index (χ3v) is 1.12. The van der Waals surface area contributed by atoms with Crippen LogP contribution in [0.4, 0.5) is 0 Å². The van der Waals surface area contributed by atoms with Gasteiger partial charge in [0.2, 0.25) is 0 Å². The lowest BCUT2D eigenvalue weighted by Crippen LogP contribution is -1.70. The Hall–Kier alpha value is -0.960. The summed E-state index contributed by atoms with van der Waals surface area (Å²) >= 11 is 0. The molecular weight excluding hydrogens is 120 g/mol. The minimum absolute atomic E-state index is 0.890. The summed E-state index contributed by atoms with van der Waals surface area (Å²) in [7, 11) is 0. The lowest BCUT2D eigenvalue weighted by atomic mass is 10.2. The van der Waals surface area contributed by atoms with E-state index in [1.165, 1.54) is 5.57 Å². The van der Waals surface area contributed by atoms with Gasteiger partial charge in [-0.1, -0.05) is 29.7 Å². The summed E-state index contributed by atoms with van der Waals surface area (Å²) in [5, 5.41) is 0. The predicted molar refractivity (Wildman–Crippen MR) is 46.6 cm³/mol. The van der Waals surface area contributed by atoms with E-state index >= 15 is 0 Å². The minimum Gasteiger partial charge on any atom is -0.106 e. The van der Waals surface area contributed by atoms with Crippen LogP contribution >= 0.6 is 0 Å². The summed E-state index contributed by atoms with van der Waals surface area (Å²) < 4.78 is 0. The third-order valence-electron chi connectivity index (χ3n) is 1.12. The lowest BCUT2D eigenvalue weighted by molar-refractivity contribution is 1.25. The lowest BCUT2D eigenvalue weighted by Gasteiger charge is -1.87. The second-order valence-electron chi connectivity index (χ2n) is 2.14. The van der Waals surface area contributed by atoms with Crippen LogP contribution in [0.25, 0.3) is 0 Å². The average molecular weight is 134 g/mol. The van der Waals surface area contributed by atoms with Crippen molar-refractivity contribution in [3.05, 3.63) is 23.8 Å². The molecule has 0 aliphatic rings. The zero-order valence-electron chi connectivity index (χ0n) is 6.94. The Morgan fingerprint density at radius 2 is 2.20 bits per heavy atom.